The van der Waals surface area contributed by atoms with Crippen molar-refractivity contribution in [1.82, 2.24) is 4.98 Å². The van der Waals surface area contributed by atoms with Crippen LogP contribution in [0.2, 0.25) is 0 Å². The number of nitrogens with zero attached hydrogens (tertiary/aromatic N) is 1. The van der Waals surface area contributed by atoms with Gasteiger partial charge in [-0.3, -0.25) is 4.98 Å². The molecule has 1 aromatic carbocycles. The van der Waals surface area contributed by atoms with Gasteiger partial charge in [0.2, 0.25) is 0 Å². The molecule has 0 aliphatic rings. The normalized spacial score (nSPS) is 13.3. The van der Waals surface area contributed by atoms with Crippen molar-refractivity contribution in [2.24, 2.45) is 5.92 Å². The first kappa shape index (κ1) is 16.0. The SMILES string of the molecule is CCCC(C)COc1ccc(S(=O)(=O)Cl)c2cccnc12. The number of ether oxygens (including phenoxy) is 1. The van der Waals surface area contributed by atoms with Gasteiger partial charge < -0.3 is 4.74 Å². The van der Waals surface area contributed by atoms with E-state index in [9.17, 15) is 8.42 Å². The number of rotatable bonds is 6. The summed E-state index contributed by atoms with van der Waals surface area (Å²) in [5, 5.41) is 0.480. The van der Waals surface area contributed by atoms with Gasteiger partial charge in [-0.05, 0) is 36.6 Å². The summed E-state index contributed by atoms with van der Waals surface area (Å²) in [7, 11) is 1.65. The van der Waals surface area contributed by atoms with Gasteiger partial charge in [0.05, 0.1) is 11.5 Å². The first-order valence-electron chi connectivity index (χ1n) is 6.88. The first-order chi connectivity index (χ1) is 9.93. The largest absolute Gasteiger partial charge is 0.491 e. The van der Waals surface area contributed by atoms with Gasteiger partial charge in [0.1, 0.15) is 11.3 Å². The minimum Gasteiger partial charge on any atom is -0.491 e. The Morgan fingerprint density at radius 3 is 2.76 bits per heavy atom. The Bertz CT molecular complexity index is 731. The molecular formula is C15H18ClNO3S. The van der Waals surface area contributed by atoms with Crippen molar-refractivity contribution in [3.63, 3.8) is 0 Å². The zero-order valence-electron chi connectivity index (χ0n) is 12.0. The molecule has 0 fully saturated rings. The molecule has 0 bridgehead atoms. The molecule has 0 radical (unpaired) electrons. The van der Waals surface area contributed by atoms with Gasteiger partial charge in [0.25, 0.3) is 9.05 Å². The van der Waals surface area contributed by atoms with Crippen LogP contribution in [0.3, 0.4) is 0 Å². The number of halogens is 1. The summed E-state index contributed by atoms with van der Waals surface area (Å²) in [6.07, 6.45) is 3.79. The Balaban J connectivity index is 2.39. The van der Waals surface area contributed by atoms with Crippen molar-refractivity contribution >= 4 is 30.6 Å². The van der Waals surface area contributed by atoms with Crippen LogP contribution in [0.15, 0.2) is 35.4 Å². The predicted molar refractivity (Wildman–Crippen MR) is 84.3 cm³/mol. The van der Waals surface area contributed by atoms with Crippen molar-refractivity contribution in [3.05, 3.63) is 30.5 Å². The van der Waals surface area contributed by atoms with Crippen LogP contribution in [0.25, 0.3) is 10.9 Å². The number of fused-ring (bicyclic) bond motifs is 1. The quantitative estimate of drug-likeness (QED) is 0.753. The second kappa shape index (κ2) is 6.62. The third-order valence-electron chi connectivity index (χ3n) is 3.26. The summed E-state index contributed by atoms with van der Waals surface area (Å²) in [4.78, 5) is 4.29. The molecule has 6 heteroatoms. The lowest BCUT2D eigenvalue weighted by Gasteiger charge is -2.14. The predicted octanol–water partition coefficient (Wildman–Crippen LogP) is 3.98. The van der Waals surface area contributed by atoms with E-state index in [-0.39, 0.29) is 4.90 Å². The van der Waals surface area contributed by atoms with E-state index >= 15 is 0 Å². The number of aromatic nitrogens is 1. The molecule has 0 spiro atoms. The van der Waals surface area contributed by atoms with Gasteiger partial charge in [-0.25, -0.2) is 8.42 Å². The van der Waals surface area contributed by atoms with Crippen LogP contribution in [0.1, 0.15) is 26.7 Å². The van der Waals surface area contributed by atoms with Gasteiger partial charge in [0.15, 0.2) is 0 Å². The lowest BCUT2D eigenvalue weighted by molar-refractivity contribution is 0.253. The summed E-state index contributed by atoms with van der Waals surface area (Å²) >= 11 is 0. The molecule has 1 atom stereocenters. The molecule has 0 saturated heterocycles. The molecule has 2 rings (SSSR count). The van der Waals surface area contributed by atoms with E-state index in [1.54, 1.807) is 24.4 Å². The number of hydrogen-bond acceptors (Lipinski definition) is 4. The van der Waals surface area contributed by atoms with Gasteiger partial charge >= 0.3 is 0 Å². The Morgan fingerprint density at radius 1 is 1.33 bits per heavy atom. The summed E-state index contributed by atoms with van der Waals surface area (Å²) in [5.41, 5.74) is 0.517. The van der Waals surface area contributed by atoms with Crippen molar-refractivity contribution in [3.8, 4) is 5.75 Å². The van der Waals surface area contributed by atoms with E-state index in [1.165, 1.54) is 6.07 Å². The van der Waals surface area contributed by atoms with E-state index in [2.05, 4.69) is 18.8 Å². The lowest BCUT2D eigenvalue weighted by atomic mass is 10.1. The van der Waals surface area contributed by atoms with E-state index in [1.807, 2.05) is 0 Å². The number of hydrogen-bond donors (Lipinski definition) is 0. The number of pyridine rings is 1. The minimum atomic E-state index is -3.81. The first-order valence-corrected chi connectivity index (χ1v) is 9.19. The Kier molecular flexibility index (Phi) is 5.06. The second-order valence-electron chi connectivity index (χ2n) is 5.10. The molecule has 1 heterocycles. The van der Waals surface area contributed by atoms with Gasteiger partial charge in [0, 0.05) is 22.3 Å². The molecule has 1 aromatic heterocycles. The zero-order valence-corrected chi connectivity index (χ0v) is 13.6. The van der Waals surface area contributed by atoms with Crippen LogP contribution in [-0.4, -0.2) is 20.0 Å². The molecule has 0 aliphatic heterocycles. The maximum absolute atomic E-state index is 11.6. The van der Waals surface area contributed by atoms with Crippen LogP contribution in [0, 0.1) is 5.92 Å². The molecule has 0 saturated carbocycles. The van der Waals surface area contributed by atoms with E-state index < -0.39 is 9.05 Å². The summed E-state index contributed by atoms with van der Waals surface area (Å²) in [6.45, 7) is 4.83. The highest BCUT2D eigenvalue weighted by molar-refractivity contribution is 8.14. The van der Waals surface area contributed by atoms with Gasteiger partial charge in [-0.2, -0.15) is 0 Å². The standard InChI is InChI=1S/C15H18ClNO3S/c1-3-5-11(2)10-20-13-7-8-14(21(16,18)19)12-6-4-9-17-15(12)13/h4,6-9,11H,3,5,10H2,1-2H3. The van der Waals surface area contributed by atoms with E-state index in [0.29, 0.717) is 29.2 Å². The average molecular weight is 328 g/mol. The fourth-order valence-corrected chi connectivity index (χ4v) is 3.32. The monoisotopic (exact) mass is 327 g/mol. The van der Waals surface area contributed by atoms with Crippen molar-refractivity contribution in [1.29, 1.82) is 0 Å². The Morgan fingerprint density at radius 2 is 2.10 bits per heavy atom. The molecule has 21 heavy (non-hydrogen) atoms. The zero-order chi connectivity index (χ0) is 15.5. The number of benzene rings is 1. The molecule has 4 nitrogen and oxygen atoms in total. The average Bonchev–Trinajstić information content (AvgIpc) is 2.43. The summed E-state index contributed by atoms with van der Waals surface area (Å²) in [5.74, 6) is 1.02. The molecule has 2 aromatic rings. The highest BCUT2D eigenvalue weighted by atomic mass is 35.7. The van der Waals surface area contributed by atoms with Crippen LogP contribution in [0.5, 0.6) is 5.75 Å². The maximum Gasteiger partial charge on any atom is 0.261 e. The van der Waals surface area contributed by atoms with Crippen LogP contribution in [-0.2, 0) is 9.05 Å². The second-order valence-corrected chi connectivity index (χ2v) is 7.64. The van der Waals surface area contributed by atoms with E-state index in [4.69, 9.17) is 15.4 Å². The molecule has 0 aliphatic carbocycles. The lowest BCUT2D eigenvalue weighted by Crippen LogP contribution is -2.09. The Labute approximate surface area is 129 Å². The van der Waals surface area contributed by atoms with Gasteiger partial charge in [-0.15, -0.1) is 0 Å². The molecule has 114 valence electrons. The minimum absolute atomic E-state index is 0.0567. The highest BCUT2D eigenvalue weighted by Gasteiger charge is 2.17. The van der Waals surface area contributed by atoms with Crippen molar-refractivity contribution in [2.75, 3.05) is 6.61 Å². The van der Waals surface area contributed by atoms with Crippen molar-refractivity contribution < 1.29 is 13.2 Å². The molecular weight excluding hydrogens is 310 g/mol. The molecule has 0 N–H and O–H groups in total. The smallest absolute Gasteiger partial charge is 0.261 e. The molecule has 0 amide bonds. The molecule has 1 unspecified atom stereocenters. The Hall–Kier alpha value is -1.33. The fourth-order valence-electron chi connectivity index (χ4n) is 2.26. The van der Waals surface area contributed by atoms with Crippen LogP contribution < -0.4 is 4.74 Å². The topological polar surface area (TPSA) is 56.3 Å². The maximum atomic E-state index is 11.6. The van der Waals surface area contributed by atoms with E-state index in [0.717, 1.165) is 12.8 Å². The van der Waals surface area contributed by atoms with Crippen LogP contribution in [0.4, 0.5) is 0 Å². The van der Waals surface area contributed by atoms with Gasteiger partial charge in [-0.1, -0.05) is 20.3 Å². The van der Waals surface area contributed by atoms with Crippen molar-refractivity contribution in [2.45, 2.75) is 31.6 Å². The summed E-state index contributed by atoms with van der Waals surface area (Å²) in [6, 6.07) is 6.44. The highest BCUT2D eigenvalue weighted by Crippen LogP contribution is 2.31. The third-order valence-corrected chi connectivity index (χ3v) is 4.64. The van der Waals surface area contributed by atoms with Crippen LogP contribution >= 0.6 is 10.7 Å². The summed E-state index contributed by atoms with van der Waals surface area (Å²) < 4.78 is 29.0. The third kappa shape index (κ3) is 3.86. The fraction of sp³-hybridized carbons (Fsp3) is 0.400.